The summed E-state index contributed by atoms with van der Waals surface area (Å²) in [5.74, 6) is 5.13. The number of aliphatic carboxylic acids is 2. The van der Waals surface area contributed by atoms with Gasteiger partial charge < -0.3 is 19.8 Å². The summed E-state index contributed by atoms with van der Waals surface area (Å²) in [6, 6.07) is 6.95. The van der Waals surface area contributed by atoms with Gasteiger partial charge in [-0.3, -0.25) is 0 Å². The number of aryl methyl sites for hydroxylation is 1. The quantitative estimate of drug-likeness (QED) is 0.234. The molecule has 0 fully saturated rings. The summed E-state index contributed by atoms with van der Waals surface area (Å²) < 4.78 is 5.43. The van der Waals surface area contributed by atoms with Crippen LogP contribution >= 0.6 is 0 Å². The Balaban J connectivity index is 0.00000109. The highest BCUT2D eigenvalue weighted by Gasteiger charge is 2.12. The fraction of sp³-hybridized carbons (Fsp3) is 0.556. The summed E-state index contributed by atoms with van der Waals surface area (Å²) in [6.45, 7) is 4.48. The van der Waals surface area contributed by atoms with E-state index in [9.17, 15) is 9.59 Å². The number of nitrogens with zero attached hydrogens (tertiary/aromatic N) is 1. The highest BCUT2D eigenvalue weighted by atomic mass is 16.5. The molecular weight excluding hydrogens is 418 g/mol. The number of carbonyl (C=O) groups is 2. The fourth-order valence-electron chi connectivity index (χ4n) is 3.20. The molecule has 1 aromatic carbocycles. The highest BCUT2D eigenvalue weighted by molar-refractivity contribution is 5.89. The van der Waals surface area contributed by atoms with Crippen LogP contribution in [-0.4, -0.2) is 54.3 Å². The number of ether oxygens (including phenoxy) is 1. The van der Waals surface area contributed by atoms with Crippen LogP contribution in [-0.2, 0) is 16.0 Å². The van der Waals surface area contributed by atoms with Crippen molar-refractivity contribution < 1.29 is 24.5 Å². The van der Waals surface area contributed by atoms with E-state index in [1.807, 2.05) is 6.07 Å². The molecule has 0 aliphatic carbocycles. The van der Waals surface area contributed by atoms with Crippen molar-refractivity contribution in [2.45, 2.75) is 77.7 Å². The Morgan fingerprint density at radius 1 is 1.03 bits per heavy atom. The molecule has 6 nitrogen and oxygen atoms in total. The number of hydrogen-bond acceptors (Lipinski definition) is 4. The van der Waals surface area contributed by atoms with Gasteiger partial charge in [-0.15, -0.1) is 0 Å². The van der Waals surface area contributed by atoms with Crippen LogP contribution in [0, 0.1) is 11.8 Å². The second-order valence-electron chi connectivity index (χ2n) is 8.09. The zero-order valence-corrected chi connectivity index (χ0v) is 20.9. The molecule has 0 aliphatic heterocycles. The van der Waals surface area contributed by atoms with Crippen LogP contribution < -0.4 is 4.74 Å². The van der Waals surface area contributed by atoms with Crippen molar-refractivity contribution in [2.75, 3.05) is 21.2 Å². The molecule has 0 bridgehead atoms. The zero-order chi connectivity index (χ0) is 25.1. The van der Waals surface area contributed by atoms with E-state index >= 15 is 0 Å². The molecule has 1 rings (SSSR count). The highest BCUT2D eigenvalue weighted by Crippen LogP contribution is 2.21. The normalized spacial score (nSPS) is 11.3. The second-order valence-corrected chi connectivity index (χ2v) is 8.09. The van der Waals surface area contributed by atoms with Crippen molar-refractivity contribution in [1.82, 2.24) is 4.90 Å². The number of benzene rings is 1. The minimum Gasteiger partial charge on any atom is -0.497 e. The summed E-state index contributed by atoms with van der Waals surface area (Å²) in [5, 5.41) is 15.6. The maximum absolute atomic E-state index is 9.55. The van der Waals surface area contributed by atoms with Crippen molar-refractivity contribution in [3.05, 3.63) is 41.5 Å². The predicted molar refractivity (Wildman–Crippen MR) is 134 cm³/mol. The number of rotatable bonds is 13. The monoisotopic (exact) mass is 459 g/mol. The average Bonchev–Trinajstić information content (AvgIpc) is 2.78. The molecule has 0 saturated heterocycles. The molecule has 0 saturated carbocycles. The smallest absolute Gasteiger partial charge is 0.328 e. The standard InChI is InChI=1S/C23H37NO.C4H4O4/c1-6-8-10-12-13-20-16-18-23(25-5)19-21(20)15-17-22(24(3)4)14-11-9-7-2;5-3(6)1-2-4(7)8/h16,18-19,22H,6-11,14-15,17H2,1-5H3;1-2H,(H,5,6)(H,7,8)/b;2-1+. The van der Waals surface area contributed by atoms with Gasteiger partial charge in [0.2, 0.25) is 0 Å². The first-order chi connectivity index (χ1) is 15.7. The van der Waals surface area contributed by atoms with Crippen molar-refractivity contribution in [3.8, 4) is 17.6 Å². The Bertz CT molecular complexity index is 773. The van der Waals surface area contributed by atoms with Crippen molar-refractivity contribution in [3.63, 3.8) is 0 Å². The first-order valence-electron chi connectivity index (χ1n) is 11.7. The largest absolute Gasteiger partial charge is 0.497 e. The van der Waals surface area contributed by atoms with E-state index in [0.29, 0.717) is 18.2 Å². The van der Waals surface area contributed by atoms with Gasteiger partial charge in [-0.25, -0.2) is 9.59 Å². The average molecular weight is 460 g/mol. The minimum atomic E-state index is -1.26. The third-order valence-electron chi connectivity index (χ3n) is 5.18. The van der Waals surface area contributed by atoms with Crippen LogP contribution in [0.3, 0.4) is 0 Å². The molecule has 1 unspecified atom stereocenters. The Hall–Kier alpha value is -2.78. The topological polar surface area (TPSA) is 87.1 Å². The van der Waals surface area contributed by atoms with Crippen molar-refractivity contribution >= 4 is 11.9 Å². The molecule has 2 N–H and O–H groups in total. The molecule has 184 valence electrons. The maximum atomic E-state index is 9.55. The van der Waals surface area contributed by atoms with Crippen LogP contribution in [0.4, 0.5) is 0 Å². The van der Waals surface area contributed by atoms with E-state index in [1.54, 1.807) is 7.11 Å². The first-order valence-corrected chi connectivity index (χ1v) is 11.7. The van der Waals surface area contributed by atoms with E-state index in [0.717, 1.165) is 18.6 Å². The van der Waals surface area contributed by atoms with Gasteiger partial charge in [0, 0.05) is 30.2 Å². The Morgan fingerprint density at radius 2 is 1.67 bits per heavy atom. The molecule has 33 heavy (non-hydrogen) atoms. The lowest BCUT2D eigenvalue weighted by Crippen LogP contribution is -2.28. The Labute approximate surface area is 199 Å². The Kier molecular flexibility index (Phi) is 17.2. The molecule has 0 amide bonds. The van der Waals surface area contributed by atoms with E-state index in [-0.39, 0.29) is 0 Å². The number of hydrogen-bond donors (Lipinski definition) is 2. The fourth-order valence-corrected chi connectivity index (χ4v) is 3.20. The third-order valence-corrected chi connectivity index (χ3v) is 5.18. The van der Waals surface area contributed by atoms with Crippen molar-refractivity contribution in [1.29, 1.82) is 0 Å². The zero-order valence-electron chi connectivity index (χ0n) is 20.9. The van der Waals surface area contributed by atoms with Gasteiger partial charge in [0.15, 0.2) is 0 Å². The van der Waals surface area contributed by atoms with Gasteiger partial charge in [0.25, 0.3) is 0 Å². The lowest BCUT2D eigenvalue weighted by atomic mass is 9.96. The van der Waals surface area contributed by atoms with E-state index in [4.69, 9.17) is 14.9 Å². The van der Waals surface area contributed by atoms with Crippen LogP contribution in [0.15, 0.2) is 30.4 Å². The summed E-state index contributed by atoms with van der Waals surface area (Å²) in [4.78, 5) is 21.5. The molecule has 0 radical (unpaired) electrons. The minimum absolute atomic E-state index is 0.558. The number of carboxylic acid groups (broad SMARTS) is 2. The van der Waals surface area contributed by atoms with Gasteiger partial charge >= 0.3 is 11.9 Å². The summed E-state index contributed by atoms with van der Waals surface area (Å²) >= 11 is 0. The SMILES string of the molecule is CCCCC#Cc1ccc(OC)cc1CCC(CCCCC)N(C)C.O=C(O)/C=C/C(=O)O. The molecular formula is C27H41NO5. The molecule has 0 spiro atoms. The maximum Gasteiger partial charge on any atom is 0.328 e. The van der Waals surface area contributed by atoms with Crippen LogP contribution in [0.1, 0.15) is 76.3 Å². The molecule has 1 atom stereocenters. The van der Waals surface area contributed by atoms with Crippen LogP contribution in [0.2, 0.25) is 0 Å². The predicted octanol–water partition coefficient (Wildman–Crippen LogP) is 5.39. The van der Waals surface area contributed by atoms with Gasteiger partial charge in [-0.05, 0) is 63.5 Å². The van der Waals surface area contributed by atoms with Crippen LogP contribution in [0.25, 0.3) is 0 Å². The molecule has 0 aromatic heterocycles. The third kappa shape index (κ3) is 15.6. The molecule has 1 aromatic rings. The van der Waals surface area contributed by atoms with Gasteiger partial charge in [-0.1, -0.05) is 51.4 Å². The van der Waals surface area contributed by atoms with E-state index < -0.39 is 11.9 Å². The number of carboxylic acids is 2. The number of unbranched alkanes of at least 4 members (excludes halogenated alkanes) is 4. The summed E-state index contributed by atoms with van der Waals surface area (Å²) in [7, 11) is 6.14. The van der Waals surface area contributed by atoms with E-state index in [2.05, 4.69) is 56.8 Å². The van der Waals surface area contributed by atoms with E-state index in [1.165, 1.54) is 56.1 Å². The lowest BCUT2D eigenvalue weighted by molar-refractivity contribution is -0.134. The molecule has 0 aliphatic rings. The second kappa shape index (κ2) is 18.8. The first kappa shape index (κ1) is 30.2. The number of methoxy groups -OCH3 is 1. The van der Waals surface area contributed by atoms with Crippen molar-refractivity contribution in [2.24, 2.45) is 0 Å². The molecule has 0 heterocycles. The van der Waals surface area contributed by atoms with Crippen LogP contribution in [0.5, 0.6) is 5.75 Å². The van der Waals surface area contributed by atoms with Gasteiger partial charge in [-0.2, -0.15) is 0 Å². The summed E-state index contributed by atoms with van der Waals surface area (Å²) in [5.41, 5.74) is 2.49. The van der Waals surface area contributed by atoms with Gasteiger partial charge in [0.1, 0.15) is 5.75 Å². The Morgan fingerprint density at radius 3 is 2.18 bits per heavy atom. The summed E-state index contributed by atoms with van der Waals surface area (Å²) in [6.07, 6.45) is 11.9. The van der Waals surface area contributed by atoms with Gasteiger partial charge in [0.05, 0.1) is 7.11 Å². The molecule has 6 heteroatoms. The lowest BCUT2D eigenvalue weighted by Gasteiger charge is -2.24.